The van der Waals surface area contributed by atoms with Crippen molar-refractivity contribution in [3.63, 3.8) is 0 Å². The lowest BCUT2D eigenvalue weighted by Gasteiger charge is -2.49. The first-order valence-corrected chi connectivity index (χ1v) is 10.2. The highest BCUT2D eigenvalue weighted by atomic mass is 31.0. The second-order valence-electron chi connectivity index (χ2n) is 8.24. The van der Waals surface area contributed by atoms with Crippen molar-refractivity contribution in [3.8, 4) is 11.8 Å². The van der Waals surface area contributed by atoms with Crippen LogP contribution in [0.15, 0.2) is 23.8 Å². The van der Waals surface area contributed by atoms with Gasteiger partial charge in [-0.1, -0.05) is 30.6 Å². The van der Waals surface area contributed by atoms with Gasteiger partial charge in [-0.3, -0.25) is 0 Å². The van der Waals surface area contributed by atoms with Crippen molar-refractivity contribution < 1.29 is 0 Å². The fourth-order valence-corrected chi connectivity index (χ4v) is 6.56. The van der Waals surface area contributed by atoms with E-state index in [0.29, 0.717) is 5.41 Å². The fraction of sp³-hybridized carbons (Fsp3) is 0.565. The average molecular weight is 336 g/mol. The van der Waals surface area contributed by atoms with E-state index in [1.54, 1.807) is 16.7 Å². The molecule has 0 saturated heterocycles. The summed E-state index contributed by atoms with van der Waals surface area (Å²) in [5.74, 6) is 8.95. The van der Waals surface area contributed by atoms with Crippen LogP contribution in [0.5, 0.6) is 0 Å². The fourth-order valence-electron chi connectivity index (χ4n) is 6.21. The Bertz CT molecular complexity index is 760. The minimum absolute atomic E-state index is 0.486. The van der Waals surface area contributed by atoms with Gasteiger partial charge < -0.3 is 0 Å². The van der Waals surface area contributed by atoms with Gasteiger partial charge >= 0.3 is 0 Å². The highest BCUT2D eigenvalue weighted by molar-refractivity contribution is 7.27. The molecule has 1 aromatic carbocycles. The summed E-state index contributed by atoms with van der Waals surface area (Å²) in [5.41, 5.74) is 6.67. The molecule has 0 bridgehead atoms. The van der Waals surface area contributed by atoms with E-state index in [1.165, 1.54) is 49.4 Å². The molecule has 5 atom stereocenters. The van der Waals surface area contributed by atoms with Crippen LogP contribution >= 0.6 is 9.24 Å². The number of allylic oxidation sites excluding steroid dienone is 2. The lowest BCUT2D eigenvalue weighted by molar-refractivity contribution is 0.0814. The zero-order chi connectivity index (χ0) is 16.9. The molecule has 0 heterocycles. The summed E-state index contributed by atoms with van der Waals surface area (Å²) in [6.45, 7) is 6.75. The lowest BCUT2D eigenvalue weighted by Crippen LogP contribution is -2.40. The van der Waals surface area contributed by atoms with Gasteiger partial charge in [-0.2, -0.15) is 0 Å². The van der Waals surface area contributed by atoms with Crippen molar-refractivity contribution in [2.45, 2.75) is 65.2 Å². The van der Waals surface area contributed by atoms with E-state index < -0.39 is 0 Å². The van der Waals surface area contributed by atoms with Crippen molar-refractivity contribution in [1.29, 1.82) is 0 Å². The molecule has 0 nitrogen and oxygen atoms in total. The summed E-state index contributed by atoms with van der Waals surface area (Å²) in [6, 6.07) is 4.83. The van der Waals surface area contributed by atoms with Crippen LogP contribution in [-0.4, -0.2) is 0 Å². The molecule has 4 unspecified atom stereocenters. The molecule has 0 amide bonds. The van der Waals surface area contributed by atoms with Crippen LogP contribution in [0.1, 0.15) is 75.5 Å². The van der Waals surface area contributed by atoms with Crippen LogP contribution in [0.25, 0.3) is 0 Å². The van der Waals surface area contributed by atoms with Gasteiger partial charge in [0.25, 0.3) is 0 Å². The van der Waals surface area contributed by atoms with Gasteiger partial charge in [-0.15, -0.1) is 15.2 Å². The molecule has 126 valence electrons. The standard InChI is InChI=1S/C23H29P/c1-4-6-16-13-20-15(14-22(16)24)7-9-19-18(20)11-12-23(3)17(5-2)8-10-21(19)23/h5,13-14,18-19,21H,7-12,24H2,1-3H3/b17-5-/t18?,19?,21?,23-/m1/s1. The highest BCUT2D eigenvalue weighted by Crippen LogP contribution is 2.62. The number of aryl methyl sites for hydroxylation is 1. The maximum absolute atomic E-state index is 3.31. The smallest absolute Gasteiger partial charge is 0.0319 e. The van der Waals surface area contributed by atoms with Crippen molar-refractivity contribution in [2.24, 2.45) is 17.3 Å². The molecule has 1 aromatic rings. The van der Waals surface area contributed by atoms with Crippen LogP contribution in [0.2, 0.25) is 0 Å². The summed E-state index contributed by atoms with van der Waals surface area (Å²) >= 11 is 0. The molecular weight excluding hydrogens is 307 g/mol. The van der Waals surface area contributed by atoms with Crippen molar-refractivity contribution in [3.05, 3.63) is 40.5 Å². The molecule has 1 heteroatoms. The van der Waals surface area contributed by atoms with Crippen LogP contribution < -0.4 is 5.30 Å². The SMILES string of the molecule is CC#Cc1cc2c(cc1P)CCC1C2CC[C@]2(C)/C(=C\C)CCC12. The Morgan fingerprint density at radius 1 is 1.21 bits per heavy atom. The molecule has 4 rings (SSSR count). The highest BCUT2D eigenvalue weighted by Gasteiger charge is 2.52. The van der Waals surface area contributed by atoms with E-state index in [9.17, 15) is 0 Å². The number of benzene rings is 1. The van der Waals surface area contributed by atoms with Crippen molar-refractivity contribution in [1.82, 2.24) is 0 Å². The van der Waals surface area contributed by atoms with Gasteiger partial charge in [0, 0.05) is 5.56 Å². The van der Waals surface area contributed by atoms with Gasteiger partial charge in [0.2, 0.25) is 0 Å². The zero-order valence-corrected chi connectivity index (χ0v) is 16.4. The topological polar surface area (TPSA) is 0 Å². The van der Waals surface area contributed by atoms with Crippen LogP contribution in [0.4, 0.5) is 0 Å². The first-order chi connectivity index (χ1) is 11.6. The summed E-state index contributed by atoms with van der Waals surface area (Å²) in [7, 11) is 2.89. The third-order valence-electron chi connectivity index (χ3n) is 7.35. The maximum atomic E-state index is 3.31. The van der Waals surface area contributed by atoms with E-state index in [0.717, 1.165) is 17.8 Å². The minimum atomic E-state index is 0.486. The van der Waals surface area contributed by atoms with Crippen LogP contribution in [0, 0.1) is 29.1 Å². The second-order valence-corrected chi connectivity index (χ2v) is 8.86. The maximum Gasteiger partial charge on any atom is 0.0319 e. The van der Waals surface area contributed by atoms with E-state index >= 15 is 0 Å². The Kier molecular flexibility index (Phi) is 4.13. The molecule has 0 spiro atoms. The normalized spacial score (nSPS) is 35.7. The number of fused-ring (bicyclic) bond motifs is 5. The van der Waals surface area contributed by atoms with Crippen LogP contribution in [-0.2, 0) is 6.42 Å². The Balaban J connectivity index is 1.74. The number of hydrogen-bond donors (Lipinski definition) is 0. The molecule has 0 N–H and O–H groups in total. The minimum Gasteiger partial charge on any atom is -0.104 e. The molecule has 2 fully saturated rings. The first-order valence-electron chi connectivity index (χ1n) is 9.59. The van der Waals surface area contributed by atoms with E-state index in [1.807, 2.05) is 6.92 Å². The molecule has 3 aliphatic carbocycles. The third-order valence-corrected chi connectivity index (χ3v) is 7.83. The molecule has 3 aliphatic rings. The van der Waals surface area contributed by atoms with Crippen LogP contribution in [0.3, 0.4) is 0 Å². The second kappa shape index (κ2) is 6.04. The quantitative estimate of drug-likeness (QED) is 0.340. The van der Waals surface area contributed by atoms with Gasteiger partial charge in [0.15, 0.2) is 0 Å². The predicted octanol–water partition coefficient (Wildman–Crippen LogP) is 5.36. The molecule has 0 radical (unpaired) electrons. The predicted molar refractivity (Wildman–Crippen MR) is 107 cm³/mol. The molecule has 2 saturated carbocycles. The van der Waals surface area contributed by atoms with Gasteiger partial charge in [0.05, 0.1) is 0 Å². The average Bonchev–Trinajstić information content (AvgIpc) is 2.92. The summed E-state index contributed by atoms with van der Waals surface area (Å²) < 4.78 is 0. The number of rotatable bonds is 0. The van der Waals surface area contributed by atoms with Crippen molar-refractivity contribution in [2.75, 3.05) is 0 Å². The molecular formula is C23H29P. The first kappa shape index (κ1) is 16.4. The monoisotopic (exact) mass is 336 g/mol. The summed E-state index contributed by atoms with van der Waals surface area (Å²) in [5, 5.41) is 1.28. The van der Waals surface area contributed by atoms with Crippen molar-refractivity contribution >= 4 is 14.5 Å². The Hall–Kier alpha value is -1.05. The lowest BCUT2D eigenvalue weighted by atomic mass is 9.55. The van der Waals surface area contributed by atoms with Gasteiger partial charge in [-0.25, -0.2) is 0 Å². The Morgan fingerprint density at radius 3 is 2.79 bits per heavy atom. The Labute approximate surface area is 149 Å². The molecule has 24 heavy (non-hydrogen) atoms. The molecule has 0 aromatic heterocycles. The van der Waals surface area contributed by atoms with E-state index in [-0.39, 0.29) is 0 Å². The van der Waals surface area contributed by atoms with Gasteiger partial charge in [0.1, 0.15) is 0 Å². The zero-order valence-electron chi connectivity index (χ0n) is 15.3. The Morgan fingerprint density at radius 2 is 2.04 bits per heavy atom. The van der Waals surface area contributed by atoms with E-state index in [4.69, 9.17) is 0 Å². The van der Waals surface area contributed by atoms with Gasteiger partial charge in [-0.05, 0) is 98.0 Å². The largest absolute Gasteiger partial charge is 0.104 e. The molecule has 0 aliphatic heterocycles. The number of hydrogen-bond acceptors (Lipinski definition) is 0. The summed E-state index contributed by atoms with van der Waals surface area (Å²) in [4.78, 5) is 0. The van der Waals surface area contributed by atoms with E-state index in [2.05, 4.69) is 53.1 Å². The third kappa shape index (κ3) is 2.32. The summed E-state index contributed by atoms with van der Waals surface area (Å²) in [6.07, 6.45) is 10.5.